The molecule has 0 fully saturated rings. The summed E-state index contributed by atoms with van der Waals surface area (Å²) in [5.74, 6) is -0.969. The first-order chi connectivity index (χ1) is 15.4. The Labute approximate surface area is 188 Å². The fourth-order valence-corrected chi connectivity index (χ4v) is 4.61. The maximum Gasteiger partial charge on any atom is 0.347 e. The number of nitrogen functional groups attached to an aromatic ring is 1. The van der Waals surface area contributed by atoms with Crippen LogP contribution in [0.5, 0.6) is 0 Å². The van der Waals surface area contributed by atoms with Crippen molar-refractivity contribution < 1.29 is 14.3 Å². The quantitative estimate of drug-likeness (QED) is 0.603. The number of nitriles is 1. The van der Waals surface area contributed by atoms with E-state index >= 15 is 0 Å². The Bertz CT molecular complexity index is 1360. The summed E-state index contributed by atoms with van der Waals surface area (Å²) < 4.78 is 6.69. The third-order valence-electron chi connectivity index (χ3n) is 4.76. The van der Waals surface area contributed by atoms with Crippen LogP contribution in [-0.4, -0.2) is 32.5 Å². The Morgan fingerprint density at radius 2 is 2.00 bits per heavy atom. The number of carbonyl (C=O) groups excluding carboxylic acids is 2. The zero-order valence-corrected chi connectivity index (χ0v) is 18.2. The molecule has 1 aliphatic rings. The molecule has 1 aliphatic heterocycles. The van der Waals surface area contributed by atoms with Crippen LogP contribution in [0.25, 0.3) is 11.0 Å². The van der Waals surface area contributed by atoms with Crippen molar-refractivity contribution >= 4 is 40.3 Å². The Morgan fingerprint density at radius 3 is 2.59 bits per heavy atom. The fraction of sp³-hybridized carbons (Fsp3) is 0.174. The molecule has 4 rings (SSSR count). The number of carbonyl (C=O) groups is 2. The predicted octanol–water partition coefficient (Wildman–Crippen LogP) is 1.75. The number of thioether (sulfide) groups is 1. The van der Waals surface area contributed by atoms with Gasteiger partial charge in [0.2, 0.25) is 5.91 Å². The predicted molar refractivity (Wildman–Crippen MR) is 120 cm³/mol. The normalized spacial score (nSPS) is 16.1. The molecule has 0 spiro atoms. The molecule has 2 N–H and O–H groups in total. The molecule has 4 heterocycles. The molecule has 0 amide bonds. The van der Waals surface area contributed by atoms with Crippen molar-refractivity contribution in [2.24, 2.45) is 0 Å². The van der Waals surface area contributed by atoms with Crippen LogP contribution in [0.2, 0.25) is 0 Å². The van der Waals surface area contributed by atoms with Gasteiger partial charge >= 0.3 is 5.97 Å². The highest BCUT2D eigenvalue weighted by Crippen LogP contribution is 2.39. The van der Waals surface area contributed by atoms with Crippen LogP contribution in [0.4, 0.5) is 5.69 Å². The van der Waals surface area contributed by atoms with Crippen molar-refractivity contribution in [2.45, 2.75) is 25.2 Å². The highest BCUT2D eigenvalue weighted by Gasteiger charge is 2.37. The maximum absolute atomic E-state index is 13.5. The number of hydrogen-bond donors (Lipinski definition) is 1. The summed E-state index contributed by atoms with van der Waals surface area (Å²) in [6.45, 7) is 3.49. The number of aromatic nitrogens is 3. The second-order valence-corrected chi connectivity index (χ2v) is 8.42. The fourth-order valence-electron chi connectivity index (χ4n) is 3.43. The van der Waals surface area contributed by atoms with Gasteiger partial charge in [-0.05, 0) is 43.2 Å². The van der Waals surface area contributed by atoms with Crippen LogP contribution in [0, 0.1) is 11.3 Å². The standard InChI is InChI=1S/C23H19N5O3S/c1-13(2)31-23(30)21-19-16(9-14-5-3-7-26-11-14)18(25)17(10-24)28(19)22(29)20(32-21)15-6-4-8-27-12-15/h3-9,11-13,20H,25H2,1-2H3/b16-9+/t20-/m0/s1. The zero-order chi connectivity index (χ0) is 22.8. The highest BCUT2D eigenvalue weighted by molar-refractivity contribution is 8.10. The van der Waals surface area contributed by atoms with E-state index in [1.54, 1.807) is 62.9 Å². The Morgan fingerprint density at radius 1 is 1.28 bits per heavy atom. The zero-order valence-electron chi connectivity index (χ0n) is 17.4. The molecule has 1 atom stereocenters. The lowest BCUT2D eigenvalue weighted by molar-refractivity contribution is -0.139. The van der Waals surface area contributed by atoms with E-state index in [-0.39, 0.29) is 33.6 Å². The van der Waals surface area contributed by atoms with Crippen molar-refractivity contribution in [3.05, 3.63) is 76.4 Å². The molecule has 3 aromatic rings. The van der Waals surface area contributed by atoms with Crippen LogP contribution in [0.1, 0.15) is 40.7 Å². The van der Waals surface area contributed by atoms with Gasteiger partial charge in [-0.25, -0.2) is 4.79 Å². The summed E-state index contributed by atoms with van der Waals surface area (Å²) in [5.41, 5.74) is 7.72. The van der Waals surface area contributed by atoms with Crippen molar-refractivity contribution in [2.75, 3.05) is 5.73 Å². The van der Waals surface area contributed by atoms with Gasteiger partial charge in [0, 0.05) is 30.0 Å². The van der Waals surface area contributed by atoms with E-state index in [9.17, 15) is 14.9 Å². The van der Waals surface area contributed by atoms with Crippen LogP contribution in [0.3, 0.4) is 0 Å². The maximum atomic E-state index is 13.5. The third kappa shape index (κ3) is 3.76. The molecule has 32 heavy (non-hydrogen) atoms. The van der Waals surface area contributed by atoms with Crippen LogP contribution >= 0.6 is 11.8 Å². The number of nitrogens with two attached hydrogens (primary N) is 1. The van der Waals surface area contributed by atoms with Gasteiger partial charge in [-0.15, -0.1) is 0 Å². The van der Waals surface area contributed by atoms with Crippen LogP contribution in [-0.2, 0) is 9.53 Å². The average molecular weight is 446 g/mol. The van der Waals surface area contributed by atoms with Gasteiger partial charge in [-0.3, -0.25) is 19.3 Å². The van der Waals surface area contributed by atoms with Crippen LogP contribution < -0.4 is 16.3 Å². The monoisotopic (exact) mass is 445 g/mol. The third-order valence-corrected chi connectivity index (χ3v) is 6.06. The van der Waals surface area contributed by atoms with Gasteiger partial charge < -0.3 is 10.5 Å². The van der Waals surface area contributed by atoms with Crippen LogP contribution in [0.15, 0.2) is 49.1 Å². The lowest BCUT2D eigenvalue weighted by Gasteiger charge is -2.23. The lowest BCUT2D eigenvalue weighted by Crippen LogP contribution is -2.42. The Kier molecular flexibility index (Phi) is 5.79. The van der Waals surface area contributed by atoms with E-state index in [1.165, 1.54) is 4.57 Å². The number of nitrogens with zero attached hydrogens (tertiary/aromatic N) is 4. The van der Waals surface area contributed by atoms with Crippen molar-refractivity contribution in [3.63, 3.8) is 0 Å². The van der Waals surface area contributed by atoms with Crippen molar-refractivity contribution in [3.8, 4) is 6.07 Å². The molecule has 0 aromatic carbocycles. The summed E-state index contributed by atoms with van der Waals surface area (Å²) >= 11 is 1.07. The minimum absolute atomic E-state index is 0.0239. The van der Waals surface area contributed by atoms with Gasteiger partial charge in [-0.1, -0.05) is 23.9 Å². The second kappa shape index (κ2) is 8.69. The molecule has 0 saturated carbocycles. The molecule has 9 heteroatoms. The number of esters is 1. The SMILES string of the molecule is CC(C)OC(=O)C1=c2/c(=C/c3cccnc3)c(N)c(C#N)n2C(=O)[C@H](c2cccnc2)S1. The molecule has 0 radical (unpaired) electrons. The Balaban J connectivity index is 2.07. The molecular weight excluding hydrogens is 426 g/mol. The van der Waals surface area contributed by atoms with E-state index in [0.717, 1.165) is 11.8 Å². The van der Waals surface area contributed by atoms with E-state index in [0.29, 0.717) is 16.3 Å². The molecule has 0 aliphatic carbocycles. The molecule has 160 valence electrons. The highest BCUT2D eigenvalue weighted by atomic mass is 32.2. The molecular formula is C23H19N5O3S. The van der Waals surface area contributed by atoms with E-state index in [2.05, 4.69) is 9.97 Å². The number of anilines is 1. The van der Waals surface area contributed by atoms with Gasteiger partial charge in [0.25, 0.3) is 0 Å². The molecule has 8 nitrogen and oxygen atoms in total. The summed E-state index contributed by atoms with van der Waals surface area (Å²) in [5, 5.41) is 9.70. The Hall–Kier alpha value is -3.90. The molecule has 0 unspecified atom stereocenters. The lowest BCUT2D eigenvalue weighted by atomic mass is 10.2. The molecule has 0 bridgehead atoms. The first-order valence-corrected chi connectivity index (χ1v) is 10.7. The van der Waals surface area contributed by atoms with E-state index in [1.807, 2.05) is 12.1 Å². The van der Waals surface area contributed by atoms with Gasteiger partial charge in [0.05, 0.1) is 17.1 Å². The smallest absolute Gasteiger partial charge is 0.347 e. The topological polar surface area (TPSA) is 124 Å². The van der Waals surface area contributed by atoms with Gasteiger partial charge in [0.15, 0.2) is 5.69 Å². The van der Waals surface area contributed by atoms with Gasteiger partial charge in [-0.2, -0.15) is 5.26 Å². The number of rotatable bonds is 4. The molecule has 3 aromatic heterocycles. The number of hydrogen-bond acceptors (Lipinski definition) is 8. The average Bonchev–Trinajstić information content (AvgIpc) is 3.07. The van der Waals surface area contributed by atoms with E-state index in [4.69, 9.17) is 10.5 Å². The molecule has 0 saturated heterocycles. The first kappa shape index (κ1) is 21.3. The minimum Gasteiger partial charge on any atom is -0.459 e. The summed E-state index contributed by atoms with van der Waals surface area (Å²) in [7, 11) is 0. The van der Waals surface area contributed by atoms with Crippen molar-refractivity contribution in [1.29, 1.82) is 5.26 Å². The summed E-state index contributed by atoms with van der Waals surface area (Å²) in [6.07, 6.45) is 7.75. The van der Waals surface area contributed by atoms with E-state index < -0.39 is 11.2 Å². The number of ether oxygens (including phenoxy) is 1. The largest absolute Gasteiger partial charge is 0.459 e. The number of pyridine rings is 2. The number of fused-ring (bicyclic) bond motifs is 1. The minimum atomic E-state index is -0.781. The van der Waals surface area contributed by atoms with Gasteiger partial charge in [0.1, 0.15) is 16.2 Å². The van der Waals surface area contributed by atoms with Crippen molar-refractivity contribution in [1.82, 2.24) is 14.5 Å². The summed E-state index contributed by atoms with van der Waals surface area (Å²) in [4.78, 5) is 35.0. The second-order valence-electron chi connectivity index (χ2n) is 7.31. The summed E-state index contributed by atoms with van der Waals surface area (Å²) in [6, 6.07) is 9.05. The first-order valence-electron chi connectivity index (χ1n) is 9.80.